The Bertz CT molecular complexity index is 2350. The van der Waals surface area contributed by atoms with Gasteiger partial charge in [0.05, 0.1) is 0 Å². The molecule has 0 aliphatic rings. The summed E-state index contributed by atoms with van der Waals surface area (Å²) in [7, 11) is 108. The van der Waals surface area contributed by atoms with Crippen LogP contribution < -0.4 is 0 Å². The van der Waals surface area contributed by atoms with Gasteiger partial charge in [0.2, 0.25) is 0 Å². The molecule has 0 radical (unpaired) electrons. The van der Waals surface area contributed by atoms with E-state index in [4.69, 9.17) is 0 Å². The average Bonchev–Trinajstić information content (AvgIpc) is 3.33. The van der Waals surface area contributed by atoms with E-state index >= 15 is 0 Å². The molecule has 0 bridgehead atoms. The van der Waals surface area contributed by atoms with Gasteiger partial charge in [-0.25, -0.2) is 0 Å². The molecule has 0 saturated carbocycles. The summed E-state index contributed by atoms with van der Waals surface area (Å²) in [5.41, 5.74) is 0. The Hall–Kier alpha value is 19.9. The Morgan fingerprint density at radius 1 is 0.179 bits per heavy atom. The van der Waals surface area contributed by atoms with Gasteiger partial charge < -0.3 is 0 Å². The van der Waals surface area contributed by atoms with Crippen molar-refractivity contribution >= 4 is 500 Å². The van der Waals surface area contributed by atoms with Gasteiger partial charge in [0, 0.05) is 332 Å². The summed E-state index contributed by atoms with van der Waals surface area (Å²) in [6.07, 6.45) is 0. The Kier molecular flexibility index (Phi) is 109. The van der Waals surface area contributed by atoms with Gasteiger partial charge in [-0.1, -0.05) is 8.53 Å². The zero-order valence-electron chi connectivity index (χ0n) is 30.6. The van der Waals surface area contributed by atoms with E-state index in [0.29, 0.717) is 0 Å². The topological polar surface area (TPSA) is 0 Å². The van der Waals surface area contributed by atoms with Crippen molar-refractivity contribution in [2.24, 2.45) is 0 Å². The molecule has 0 heterocycles. The van der Waals surface area contributed by atoms with E-state index in [2.05, 4.69) is 23.5 Å². The van der Waals surface area contributed by atoms with Crippen LogP contribution in [0.5, 0.6) is 0 Å². The molecule has 0 rings (SSSR count). The summed E-state index contributed by atoms with van der Waals surface area (Å²) < 4.78 is 0. The van der Waals surface area contributed by atoms with Gasteiger partial charge in [0.25, 0.3) is 0 Å². The standard InChI is InChI=1S/CH4P66/c1-67(3)66-65-64-63-62-61-60-59-58-57-56-55-54-53-52-51-50-49-48-47-46-45-44-43-42-41-40-39-38-37-36-35-34-33-32-31-30-29-28-27-26-25-24-23-22-21-20-19-18-17-16-15-14-13-12-11-10-9-8-7-6-5-4-2/h2H,1H3. The van der Waals surface area contributed by atoms with E-state index in [1.165, 1.54) is 30.2 Å². The van der Waals surface area contributed by atoms with Crippen molar-refractivity contribution in [3.05, 3.63) is 0 Å². The molecule has 66 heteroatoms. The Morgan fingerprint density at radius 2 is 0.269 bits per heavy atom. The second kappa shape index (κ2) is 83.9. The molecule has 0 N–H and O–H groups in total. The fraction of sp³-hybridized carbons (Fsp3) is 1.00. The van der Waals surface area contributed by atoms with Crippen LogP contribution in [0.1, 0.15) is 0 Å². The van der Waals surface area contributed by atoms with E-state index in [0.717, 1.165) is 0 Å². The minimum atomic E-state index is -0.0329. The third-order valence-electron chi connectivity index (χ3n) is 2.61. The molecule has 0 aliphatic carbocycles. The predicted octanol–water partition coefficient (Wildman–Crippen LogP) is 56.7. The van der Waals surface area contributed by atoms with Crippen molar-refractivity contribution in [3.63, 3.8) is 0 Å². The molecule has 0 aromatic rings. The second-order valence-corrected chi connectivity index (χ2v) is 158. The molecule has 67 heavy (non-hydrogen) atoms. The minimum absolute atomic E-state index is 0.0329. The van der Waals surface area contributed by atoms with Gasteiger partial charge in [-0.15, -0.1) is 0 Å². The van der Waals surface area contributed by atoms with Gasteiger partial charge in [-0.2, -0.15) is 0 Å². The Morgan fingerprint density at radius 3 is 0.358 bits per heavy atom. The summed E-state index contributed by atoms with van der Waals surface area (Å²) in [5, 5.41) is 0. The summed E-state index contributed by atoms with van der Waals surface area (Å²) in [6.45, 7) is 2.21. The second-order valence-electron chi connectivity index (χ2n) is 6.13. The van der Waals surface area contributed by atoms with Gasteiger partial charge in [0.1, 0.15) is 0 Å². The zero-order chi connectivity index (χ0) is 48.1. The van der Waals surface area contributed by atoms with Crippen LogP contribution in [0.4, 0.5) is 0 Å². The van der Waals surface area contributed by atoms with Crippen LogP contribution in [0.3, 0.4) is 0 Å². The maximum atomic E-state index is 4.51. The summed E-state index contributed by atoms with van der Waals surface area (Å²) >= 11 is 0. The minimum Gasteiger partial charge on any atom is -0.0835 e. The van der Waals surface area contributed by atoms with E-state index in [9.17, 15) is 0 Å². The van der Waals surface area contributed by atoms with E-state index in [1.807, 2.05) is 0 Å². The van der Waals surface area contributed by atoms with Crippen LogP contribution in [-0.2, 0) is 0 Å². The fourth-order valence-electron chi connectivity index (χ4n) is 1.15. The zero-order valence-corrected chi connectivity index (χ0v) is 89.7. The molecule has 0 spiro atoms. The number of rotatable bonds is 31. The fourth-order valence-corrected chi connectivity index (χ4v) is 273. The average molecular weight is 2060 g/mol. The third kappa shape index (κ3) is 85.9. The molecule has 0 saturated heterocycles. The molecule has 0 amide bonds. The summed E-state index contributed by atoms with van der Waals surface area (Å²) in [6, 6.07) is 0. The molecule has 0 aromatic heterocycles. The van der Waals surface area contributed by atoms with E-state index in [-0.39, 0.29) is 6.71 Å². The first-order valence-electron chi connectivity index (χ1n) is 13.5. The summed E-state index contributed by atoms with van der Waals surface area (Å²) in [4.78, 5) is 0. The van der Waals surface area contributed by atoms with Crippen molar-refractivity contribution in [2.75, 3.05) is 6.66 Å². The SMILES string of the molecule is CP(#P)P=PP=PP=PP=PP=PP=PP=PP=PP=PP=PP=PP=PP=PP=PP=PP=PP=PP=PP=PP=PP=PP=PP=PP=PP=PP=PP=PP=PP=PP=PP=PP=P. The monoisotopic (exact) mass is 2060 g/mol. The smallest absolute Gasteiger partial charge is 0.0835 e. The molecular formula is CH4P66. The van der Waals surface area contributed by atoms with Crippen molar-refractivity contribution in [1.29, 1.82) is 0 Å². The van der Waals surface area contributed by atoms with Crippen molar-refractivity contribution in [1.82, 2.24) is 0 Å². The number of hydrogen-bond donors (Lipinski definition) is 0. The normalized spacial score (nSPS) is 15.7. The molecule has 1 atom stereocenters. The maximum absolute atomic E-state index is 4.51. The van der Waals surface area contributed by atoms with Crippen molar-refractivity contribution < 1.29 is 0 Å². The van der Waals surface area contributed by atoms with Crippen LogP contribution in [0.2, 0.25) is 0 Å². The predicted molar refractivity (Wildman–Crippen MR) is 464 cm³/mol. The molecule has 0 nitrogen and oxygen atoms in total. The van der Waals surface area contributed by atoms with Crippen LogP contribution in [0.15, 0.2) is 0 Å². The molecule has 0 aromatic carbocycles. The van der Waals surface area contributed by atoms with Crippen LogP contribution >= 0.6 is 500 Å². The molecule has 1 unspecified atom stereocenters. The van der Waals surface area contributed by atoms with Crippen molar-refractivity contribution in [2.45, 2.75) is 0 Å². The van der Waals surface area contributed by atoms with E-state index < -0.39 is 0 Å². The quantitative estimate of drug-likeness (QED) is 0.0607. The van der Waals surface area contributed by atoms with Crippen LogP contribution in [-0.4, -0.2) is 6.66 Å². The Balaban J connectivity index is 4.09. The molecular weight excluding hydrogens is 2060 g/mol. The third-order valence-corrected chi connectivity index (χ3v) is 207. The molecule has 338 valence electrons. The first kappa shape index (κ1) is 86.9. The van der Waals surface area contributed by atoms with Crippen molar-refractivity contribution in [3.8, 4) is 0 Å². The first-order chi connectivity index (χ1) is 33.3. The number of hydrogen-bond acceptors (Lipinski definition) is 0. The molecule has 0 aliphatic heterocycles. The van der Waals surface area contributed by atoms with Gasteiger partial charge in [-0.3, -0.25) is 0 Å². The van der Waals surface area contributed by atoms with Gasteiger partial charge in [0.15, 0.2) is 0 Å². The van der Waals surface area contributed by atoms with Crippen LogP contribution in [0, 0.1) is 0 Å². The van der Waals surface area contributed by atoms with Gasteiger partial charge in [-0.05, 0) is 60.4 Å². The molecule has 0 fully saturated rings. The van der Waals surface area contributed by atoms with E-state index in [1.54, 1.807) is 446 Å². The summed E-state index contributed by atoms with van der Waals surface area (Å²) in [5.74, 6) is 0. The Labute approximate surface area is 498 Å². The first-order valence-corrected chi connectivity index (χ1v) is 119. The van der Waals surface area contributed by atoms with Gasteiger partial charge >= 0.3 is 105 Å². The van der Waals surface area contributed by atoms with Crippen LogP contribution in [0.25, 0.3) is 0 Å².